The summed E-state index contributed by atoms with van der Waals surface area (Å²) in [6, 6.07) is 21.5. The lowest BCUT2D eigenvalue weighted by Crippen LogP contribution is -2.31. The molecular weight excluding hydrogens is 424 g/mol. The minimum absolute atomic E-state index is 0.158. The molecule has 0 aliphatic carbocycles. The third-order valence-electron chi connectivity index (χ3n) is 5.12. The van der Waals surface area contributed by atoms with Gasteiger partial charge in [-0.1, -0.05) is 23.8 Å². The Hall–Kier alpha value is -3.58. The summed E-state index contributed by atoms with van der Waals surface area (Å²) in [4.78, 5) is 39.9. The van der Waals surface area contributed by atoms with Gasteiger partial charge >= 0.3 is 0 Å². The van der Waals surface area contributed by atoms with Gasteiger partial charge in [-0.15, -0.1) is 11.8 Å². The molecule has 1 aliphatic rings. The number of thioether (sulfide) groups is 1. The zero-order valence-corrected chi connectivity index (χ0v) is 18.5. The van der Waals surface area contributed by atoms with Gasteiger partial charge in [0.05, 0.1) is 18.0 Å². The van der Waals surface area contributed by atoms with Gasteiger partial charge in [-0.3, -0.25) is 14.4 Å². The lowest BCUT2D eigenvalue weighted by atomic mass is 10.2. The van der Waals surface area contributed by atoms with Crippen LogP contribution in [-0.4, -0.2) is 30.1 Å². The summed E-state index contributed by atoms with van der Waals surface area (Å²) < 4.78 is 5.15. The van der Waals surface area contributed by atoms with Gasteiger partial charge in [0.2, 0.25) is 11.8 Å². The molecule has 7 heteroatoms. The third-order valence-corrected chi connectivity index (χ3v) is 6.32. The van der Waals surface area contributed by atoms with Crippen molar-refractivity contribution in [1.82, 2.24) is 0 Å². The molecule has 1 aliphatic heterocycles. The molecular formula is C25H22N2O4S. The number of hydrogen-bond acceptors (Lipinski definition) is 5. The number of imide groups is 1. The summed E-state index contributed by atoms with van der Waals surface area (Å²) in [5, 5.41) is 2.37. The molecule has 0 aromatic heterocycles. The second-order valence-electron chi connectivity index (χ2n) is 7.42. The van der Waals surface area contributed by atoms with Crippen molar-refractivity contribution in [3.63, 3.8) is 0 Å². The lowest BCUT2D eigenvalue weighted by Gasteiger charge is -2.15. The number of rotatable bonds is 6. The highest BCUT2D eigenvalue weighted by atomic mass is 32.2. The normalized spacial score (nSPS) is 15.7. The molecule has 4 rings (SSSR count). The quantitative estimate of drug-likeness (QED) is 0.557. The zero-order valence-electron chi connectivity index (χ0n) is 17.7. The van der Waals surface area contributed by atoms with E-state index < -0.39 is 5.25 Å². The number of ether oxygens (including phenoxy) is 1. The first kappa shape index (κ1) is 21.6. The van der Waals surface area contributed by atoms with Crippen LogP contribution in [-0.2, 0) is 9.59 Å². The van der Waals surface area contributed by atoms with Gasteiger partial charge in [0.1, 0.15) is 5.75 Å². The SMILES string of the molecule is COc1cccc(C(=O)Nc2ccc(SC3CC(=O)N(c4ccc(C)cc4)C3=O)cc2)c1. The van der Waals surface area contributed by atoms with E-state index in [2.05, 4.69) is 5.32 Å². The highest BCUT2D eigenvalue weighted by Crippen LogP contribution is 2.34. The van der Waals surface area contributed by atoms with Crippen molar-refractivity contribution in [2.75, 3.05) is 17.3 Å². The fourth-order valence-electron chi connectivity index (χ4n) is 3.41. The van der Waals surface area contributed by atoms with Crippen LogP contribution in [0.3, 0.4) is 0 Å². The van der Waals surface area contributed by atoms with E-state index in [1.165, 1.54) is 16.7 Å². The third kappa shape index (κ3) is 4.68. The number of carbonyl (C=O) groups is 3. The van der Waals surface area contributed by atoms with Crippen molar-refractivity contribution in [3.8, 4) is 5.75 Å². The van der Waals surface area contributed by atoms with Crippen LogP contribution in [0.25, 0.3) is 0 Å². The predicted octanol–water partition coefficient (Wildman–Crippen LogP) is 4.68. The molecule has 0 spiro atoms. The van der Waals surface area contributed by atoms with Crippen molar-refractivity contribution in [1.29, 1.82) is 0 Å². The van der Waals surface area contributed by atoms with Crippen molar-refractivity contribution < 1.29 is 19.1 Å². The fourth-order valence-corrected chi connectivity index (χ4v) is 4.46. The van der Waals surface area contributed by atoms with Crippen LogP contribution < -0.4 is 15.0 Å². The predicted molar refractivity (Wildman–Crippen MR) is 125 cm³/mol. The van der Waals surface area contributed by atoms with Gasteiger partial charge in [0, 0.05) is 22.6 Å². The van der Waals surface area contributed by atoms with Crippen LogP contribution in [0.15, 0.2) is 77.7 Å². The van der Waals surface area contributed by atoms with Gasteiger partial charge in [-0.2, -0.15) is 0 Å². The Bertz CT molecular complexity index is 1160. The second-order valence-corrected chi connectivity index (χ2v) is 8.70. The Kier molecular flexibility index (Phi) is 6.28. The number of nitrogens with one attached hydrogen (secondary N) is 1. The molecule has 3 amide bonds. The number of methoxy groups -OCH3 is 1. The van der Waals surface area contributed by atoms with Crippen LogP contribution in [0, 0.1) is 6.92 Å². The summed E-state index contributed by atoms with van der Waals surface area (Å²) in [7, 11) is 1.55. The summed E-state index contributed by atoms with van der Waals surface area (Å²) in [5.74, 6) is -0.0350. The topological polar surface area (TPSA) is 75.7 Å². The van der Waals surface area contributed by atoms with Crippen molar-refractivity contribution >= 4 is 40.9 Å². The monoisotopic (exact) mass is 446 g/mol. The Balaban J connectivity index is 1.40. The average Bonchev–Trinajstić information content (AvgIpc) is 3.08. The highest BCUT2D eigenvalue weighted by Gasteiger charge is 2.40. The van der Waals surface area contributed by atoms with Crippen molar-refractivity contribution in [2.45, 2.75) is 23.5 Å². The molecule has 1 atom stereocenters. The molecule has 3 aromatic rings. The van der Waals surface area contributed by atoms with Crippen LogP contribution in [0.4, 0.5) is 11.4 Å². The van der Waals surface area contributed by atoms with E-state index in [1.807, 2.05) is 31.2 Å². The van der Waals surface area contributed by atoms with E-state index in [0.717, 1.165) is 10.5 Å². The summed E-state index contributed by atoms with van der Waals surface area (Å²) in [6.45, 7) is 1.96. The van der Waals surface area contributed by atoms with E-state index in [1.54, 1.807) is 55.6 Å². The maximum atomic E-state index is 12.8. The second kappa shape index (κ2) is 9.28. The van der Waals surface area contributed by atoms with Gasteiger partial charge in [-0.05, 0) is 61.5 Å². The highest BCUT2D eigenvalue weighted by molar-refractivity contribution is 8.00. The van der Waals surface area contributed by atoms with Crippen molar-refractivity contribution in [2.24, 2.45) is 0 Å². The Morgan fingerprint density at radius 2 is 1.75 bits per heavy atom. The number of benzene rings is 3. The standard InChI is InChI=1S/C25H22N2O4S/c1-16-6-10-19(11-7-16)27-23(28)15-22(25(27)30)32-21-12-8-18(9-13-21)26-24(29)17-4-3-5-20(14-17)31-2/h3-14,22H,15H2,1-2H3,(H,26,29). The first-order chi connectivity index (χ1) is 15.4. The van der Waals surface area contributed by atoms with Gasteiger partial charge < -0.3 is 10.1 Å². The largest absolute Gasteiger partial charge is 0.497 e. The van der Waals surface area contributed by atoms with Crippen LogP contribution >= 0.6 is 11.8 Å². The Labute approximate surface area is 190 Å². The van der Waals surface area contributed by atoms with Gasteiger partial charge in [0.15, 0.2) is 0 Å². The van der Waals surface area contributed by atoms with E-state index in [9.17, 15) is 14.4 Å². The van der Waals surface area contributed by atoms with Crippen molar-refractivity contribution in [3.05, 3.63) is 83.9 Å². The Morgan fingerprint density at radius 3 is 2.44 bits per heavy atom. The summed E-state index contributed by atoms with van der Waals surface area (Å²) in [5.41, 5.74) is 2.80. The number of anilines is 2. The van der Waals surface area contributed by atoms with E-state index in [-0.39, 0.29) is 24.1 Å². The molecule has 1 N–H and O–H groups in total. The molecule has 1 unspecified atom stereocenters. The number of nitrogens with zero attached hydrogens (tertiary/aromatic N) is 1. The van der Waals surface area contributed by atoms with Gasteiger partial charge in [-0.25, -0.2) is 4.90 Å². The molecule has 1 saturated heterocycles. The summed E-state index contributed by atoms with van der Waals surface area (Å²) in [6.07, 6.45) is 0.158. The molecule has 1 heterocycles. The number of carbonyl (C=O) groups excluding carboxylic acids is 3. The van der Waals surface area contributed by atoms with E-state index >= 15 is 0 Å². The van der Waals surface area contributed by atoms with Crippen LogP contribution in [0.2, 0.25) is 0 Å². The van der Waals surface area contributed by atoms with Gasteiger partial charge in [0.25, 0.3) is 5.91 Å². The number of amides is 3. The minimum Gasteiger partial charge on any atom is -0.497 e. The molecule has 3 aromatic carbocycles. The molecule has 0 saturated carbocycles. The Morgan fingerprint density at radius 1 is 1.03 bits per heavy atom. The minimum atomic E-state index is -0.471. The summed E-state index contributed by atoms with van der Waals surface area (Å²) >= 11 is 1.35. The smallest absolute Gasteiger partial charge is 0.255 e. The molecule has 1 fully saturated rings. The van der Waals surface area contributed by atoms with Crippen LogP contribution in [0.1, 0.15) is 22.3 Å². The maximum absolute atomic E-state index is 12.8. The molecule has 0 bridgehead atoms. The fraction of sp³-hybridized carbons (Fsp3) is 0.160. The molecule has 0 radical (unpaired) electrons. The van der Waals surface area contributed by atoms with E-state index in [4.69, 9.17) is 4.74 Å². The first-order valence-corrected chi connectivity index (χ1v) is 11.0. The average molecular weight is 447 g/mol. The zero-order chi connectivity index (χ0) is 22.7. The number of hydrogen-bond donors (Lipinski definition) is 1. The number of aryl methyl sites for hydroxylation is 1. The maximum Gasteiger partial charge on any atom is 0.255 e. The lowest BCUT2D eigenvalue weighted by molar-refractivity contribution is -0.121. The molecule has 32 heavy (non-hydrogen) atoms. The molecule has 162 valence electrons. The van der Waals surface area contributed by atoms with Crippen LogP contribution in [0.5, 0.6) is 5.75 Å². The molecule has 6 nitrogen and oxygen atoms in total. The first-order valence-electron chi connectivity index (χ1n) is 10.1. The van der Waals surface area contributed by atoms with E-state index in [0.29, 0.717) is 22.7 Å².